The number of allylic oxidation sites excluding steroid dienone is 1. The fourth-order valence-corrected chi connectivity index (χ4v) is 1.68. The van der Waals surface area contributed by atoms with Crippen molar-refractivity contribution in [3.8, 4) is 6.26 Å². The highest BCUT2D eigenvalue weighted by atomic mass is 16.5. The molecule has 0 aromatic carbocycles. The number of nitriles is 1. The van der Waals surface area contributed by atoms with Crippen LogP contribution in [0.15, 0.2) is 11.6 Å². The summed E-state index contributed by atoms with van der Waals surface area (Å²) in [5.41, 5.74) is 0.877. The van der Waals surface area contributed by atoms with E-state index < -0.39 is 5.60 Å². The largest absolute Gasteiger partial charge is 0.417 e. The molecule has 0 aliphatic heterocycles. The summed E-state index contributed by atoms with van der Waals surface area (Å²) in [6.07, 6.45) is 5.13. The van der Waals surface area contributed by atoms with Gasteiger partial charge in [0, 0.05) is 0 Å². The van der Waals surface area contributed by atoms with Crippen LogP contribution in [0.1, 0.15) is 54.9 Å². The molecule has 1 unspecified atom stereocenters. The average molecular weight is 223 g/mol. The van der Waals surface area contributed by atoms with Crippen molar-refractivity contribution >= 4 is 0 Å². The van der Waals surface area contributed by atoms with Crippen LogP contribution in [-0.4, -0.2) is 5.60 Å². The van der Waals surface area contributed by atoms with Gasteiger partial charge in [0.25, 0.3) is 6.26 Å². The minimum Gasteiger partial charge on any atom is -0.417 e. The molecule has 0 fully saturated rings. The Morgan fingerprint density at radius 3 is 2.12 bits per heavy atom. The second-order valence-electron chi connectivity index (χ2n) is 5.93. The summed E-state index contributed by atoms with van der Waals surface area (Å²) in [4.78, 5) is 0. The molecule has 0 aromatic heterocycles. The fourth-order valence-electron chi connectivity index (χ4n) is 1.68. The van der Waals surface area contributed by atoms with Gasteiger partial charge in [0.2, 0.25) is 0 Å². The standard InChI is InChI=1S/C14H25NO/c1-8-12(13(3,4)5)9-11(2)14(6,7)16-10-15/h9,12H,8H2,1-7H3/b11-9+. The first-order chi connectivity index (χ1) is 7.15. The molecule has 92 valence electrons. The number of hydrogen-bond acceptors (Lipinski definition) is 2. The van der Waals surface area contributed by atoms with Gasteiger partial charge in [0.15, 0.2) is 0 Å². The van der Waals surface area contributed by atoms with E-state index in [4.69, 9.17) is 10.00 Å². The number of hydrogen-bond donors (Lipinski definition) is 0. The van der Waals surface area contributed by atoms with Gasteiger partial charge in [-0.15, -0.1) is 0 Å². The first-order valence-electron chi connectivity index (χ1n) is 5.91. The van der Waals surface area contributed by atoms with E-state index in [2.05, 4.69) is 33.8 Å². The SMILES string of the molecule is CCC(/C=C(\C)C(C)(C)OC#N)C(C)(C)C. The molecule has 0 heterocycles. The topological polar surface area (TPSA) is 33.0 Å². The van der Waals surface area contributed by atoms with E-state index in [-0.39, 0.29) is 5.41 Å². The molecule has 0 bridgehead atoms. The first kappa shape index (κ1) is 15.0. The summed E-state index contributed by atoms with van der Waals surface area (Å²) in [6, 6.07) is 0. The smallest absolute Gasteiger partial charge is 0.287 e. The third kappa shape index (κ3) is 4.26. The number of rotatable bonds is 4. The van der Waals surface area contributed by atoms with Crippen LogP contribution in [0.25, 0.3) is 0 Å². The van der Waals surface area contributed by atoms with Crippen molar-refractivity contribution in [2.24, 2.45) is 11.3 Å². The quantitative estimate of drug-likeness (QED) is 0.526. The Morgan fingerprint density at radius 1 is 1.31 bits per heavy atom. The van der Waals surface area contributed by atoms with Crippen molar-refractivity contribution in [2.45, 2.75) is 60.5 Å². The minimum atomic E-state index is -0.493. The van der Waals surface area contributed by atoms with Gasteiger partial charge in [-0.1, -0.05) is 33.8 Å². The molecule has 0 rings (SSSR count). The lowest BCUT2D eigenvalue weighted by Crippen LogP contribution is -2.26. The monoisotopic (exact) mass is 223 g/mol. The van der Waals surface area contributed by atoms with Gasteiger partial charge in [-0.25, -0.2) is 0 Å². The maximum atomic E-state index is 8.60. The van der Waals surface area contributed by atoms with Gasteiger partial charge < -0.3 is 4.74 Å². The first-order valence-corrected chi connectivity index (χ1v) is 5.91. The molecule has 0 amide bonds. The van der Waals surface area contributed by atoms with Crippen molar-refractivity contribution in [1.29, 1.82) is 5.26 Å². The van der Waals surface area contributed by atoms with Crippen LogP contribution in [0.5, 0.6) is 0 Å². The van der Waals surface area contributed by atoms with E-state index in [1.807, 2.05) is 20.8 Å². The molecular weight excluding hydrogens is 198 g/mol. The fraction of sp³-hybridized carbons (Fsp3) is 0.786. The summed E-state index contributed by atoms with van der Waals surface area (Å²) in [5.74, 6) is 0.508. The average Bonchev–Trinajstić information content (AvgIpc) is 2.11. The second-order valence-corrected chi connectivity index (χ2v) is 5.93. The Bertz CT molecular complexity index is 289. The Balaban J connectivity index is 4.95. The zero-order chi connectivity index (χ0) is 13.0. The molecular formula is C14H25NO. The van der Waals surface area contributed by atoms with Gasteiger partial charge in [0.05, 0.1) is 0 Å². The van der Waals surface area contributed by atoms with Crippen molar-refractivity contribution in [3.05, 3.63) is 11.6 Å². The van der Waals surface area contributed by atoms with Crippen LogP contribution in [0.2, 0.25) is 0 Å². The van der Waals surface area contributed by atoms with Crippen molar-refractivity contribution in [2.75, 3.05) is 0 Å². The van der Waals surface area contributed by atoms with Crippen molar-refractivity contribution in [3.63, 3.8) is 0 Å². The summed E-state index contributed by atoms with van der Waals surface area (Å²) in [5, 5.41) is 8.60. The highest BCUT2D eigenvalue weighted by molar-refractivity contribution is 5.14. The molecule has 0 saturated heterocycles. The molecule has 2 heteroatoms. The van der Waals surface area contributed by atoms with Crippen LogP contribution < -0.4 is 0 Å². The lowest BCUT2D eigenvalue weighted by Gasteiger charge is -2.30. The highest BCUT2D eigenvalue weighted by Gasteiger charge is 2.26. The third-order valence-electron chi connectivity index (χ3n) is 3.25. The number of ether oxygens (including phenoxy) is 1. The lowest BCUT2D eigenvalue weighted by molar-refractivity contribution is 0.107. The lowest BCUT2D eigenvalue weighted by atomic mass is 9.77. The molecule has 16 heavy (non-hydrogen) atoms. The molecule has 0 aliphatic carbocycles. The maximum absolute atomic E-state index is 8.60. The Morgan fingerprint density at radius 2 is 1.81 bits per heavy atom. The highest BCUT2D eigenvalue weighted by Crippen LogP contribution is 2.32. The summed E-state index contributed by atoms with van der Waals surface area (Å²) < 4.78 is 5.09. The molecule has 0 aromatic rings. The summed E-state index contributed by atoms with van der Waals surface area (Å²) in [7, 11) is 0. The molecule has 2 nitrogen and oxygen atoms in total. The van der Waals surface area contributed by atoms with Crippen LogP contribution in [0.3, 0.4) is 0 Å². The molecule has 0 radical (unpaired) electrons. The summed E-state index contributed by atoms with van der Waals surface area (Å²) >= 11 is 0. The number of nitrogens with zero attached hydrogens (tertiary/aromatic N) is 1. The van der Waals surface area contributed by atoms with Crippen LogP contribution >= 0.6 is 0 Å². The van der Waals surface area contributed by atoms with E-state index in [1.165, 1.54) is 0 Å². The third-order valence-corrected chi connectivity index (χ3v) is 3.25. The normalized spacial score (nSPS) is 15.5. The molecule has 0 aliphatic rings. The van der Waals surface area contributed by atoms with Gasteiger partial charge in [-0.2, -0.15) is 5.26 Å². The van der Waals surface area contributed by atoms with Gasteiger partial charge in [-0.3, -0.25) is 0 Å². The van der Waals surface area contributed by atoms with Crippen molar-refractivity contribution in [1.82, 2.24) is 0 Å². The molecule has 0 saturated carbocycles. The van der Waals surface area contributed by atoms with Gasteiger partial charge in [0.1, 0.15) is 5.60 Å². The van der Waals surface area contributed by atoms with E-state index in [9.17, 15) is 0 Å². The summed E-state index contributed by atoms with van der Waals surface area (Å²) in [6.45, 7) is 14.8. The maximum Gasteiger partial charge on any atom is 0.287 e. The Labute approximate surface area is 100 Å². The Kier molecular flexibility index (Phi) is 5.06. The predicted molar refractivity (Wildman–Crippen MR) is 67.8 cm³/mol. The second kappa shape index (κ2) is 5.39. The van der Waals surface area contributed by atoms with E-state index >= 15 is 0 Å². The molecule has 0 spiro atoms. The Hall–Kier alpha value is -0.970. The van der Waals surface area contributed by atoms with Crippen LogP contribution in [-0.2, 0) is 4.74 Å². The minimum absolute atomic E-state index is 0.249. The van der Waals surface area contributed by atoms with E-state index in [1.54, 1.807) is 6.26 Å². The molecule has 0 N–H and O–H groups in total. The molecule has 1 atom stereocenters. The van der Waals surface area contributed by atoms with Gasteiger partial charge >= 0.3 is 0 Å². The van der Waals surface area contributed by atoms with Crippen LogP contribution in [0.4, 0.5) is 0 Å². The van der Waals surface area contributed by atoms with Crippen molar-refractivity contribution < 1.29 is 4.74 Å². The van der Waals surface area contributed by atoms with E-state index in [0.717, 1.165) is 12.0 Å². The van der Waals surface area contributed by atoms with Gasteiger partial charge in [-0.05, 0) is 44.1 Å². The van der Waals surface area contributed by atoms with Crippen LogP contribution in [0, 0.1) is 22.9 Å². The van der Waals surface area contributed by atoms with E-state index in [0.29, 0.717) is 5.92 Å². The zero-order valence-electron chi connectivity index (χ0n) is 11.7. The predicted octanol–water partition coefficient (Wildman–Crippen LogP) is 4.28. The zero-order valence-corrected chi connectivity index (χ0v) is 11.7.